The smallest absolute Gasteiger partial charge is 0.344 e. The molecule has 0 bridgehead atoms. The maximum absolute atomic E-state index is 14.3. The van der Waals surface area contributed by atoms with Gasteiger partial charge in [0, 0.05) is 5.56 Å². The molecule has 0 radical (unpaired) electrons. The van der Waals surface area contributed by atoms with Crippen molar-refractivity contribution in [3.63, 3.8) is 0 Å². The van der Waals surface area contributed by atoms with E-state index in [2.05, 4.69) is 13.8 Å². The molecule has 0 N–H and O–H groups in total. The maximum Gasteiger partial charge on any atom is 0.344 e. The van der Waals surface area contributed by atoms with Gasteiger partial charge in [-0.3, -0.25) is 9.36 Å². The first-order valence-electron chi connectivity index (χ1n) is 15.2. The fraction of sp³-hybridized carbons (Fsp3) is 0.278. The van der Waals surface area contributed by atoms with Crippen molar-refractivity contribution in [3.8, 4) is 11.5 Å². The summed E-state index contributed by atoms with van der Waals surface area (Å²) in [5, 5.41) is 0.187. The molecule has 2 heterocycles. The molecule has 0 unspecified atom stereocenters. The zero-order valence-electron chi connectivity index (χ0n) is 26.7. The Kier molecular flexibility index (Phi) is 10.6. The van der Waals surface area contributed by atoms with E-state index in [0.717, 1.165) is 16.7 Å². The lowest BCUT2D eigenvalue weighted by Crippen LogP contribution is -2.40. The highest BCUT2D eigenvalue weighted by molar-refractivity contribution is 7.07. The number of carbonyl (C=O) groups excluding carboxylic acids is 2. The second kappa shape index (κ2) is 14.8. The number of hydrogen-bond donors (Lipinski definition) is 0. The van der Waals surface area contributed by atoms with Gasteiger partial charge in [-0.2, -0.15) is 0 Å². The molecule has 0 saturated carbocycles. The largest absolute Gasteiger partial charge is 0.493 e. The summed E-state index contributed by atoms with van der Waals surface area (Å²) in [6.45, 7) is 7.71. The molecule has 47 heavy (non-hydrogen) atoms. The van der Waals surface area contributed by atoms with Gasteiger partial charge in [0.2, 0.25) is 0 Å². The van der Waals surface area contributed by atoms with Crippen molar-refractivity contribution in [1.82, 2.24) is 4.57 Å². The van der Waals surface area contributed by atoms with Crippen LogP contribution in [0, 0.1) is 0 Å². The number of aromatic nitrogens is 1. The van der Waals surface area contributed by atoms with Gasteiger partial charge in [0.1, 0.15) is 0 Å². The van der Waals surface area contributed by atoms with E-state index in [1.54, 1.807) is 36.6 Å². The van der Waals surface area contributed by atoms with E-state index >= 15 is 0 Å². The monoisotopic (exact) mass is 674 g/mol. The van der Waals surface area contributed by atoms with Gasteiger partial charge in [0.15, 0.2) is 22.9 Å². The van der Waals surface area contributed by atoms with Crippen LogP contribution < -0.4 is 24.4 Å². The topological polar surface area (TPSA) is 105 Å². The van der Waals surface area contributed by atoms with Gasteiger partial charge in [0.05, 0.1) is 47.2 Å². The van der Waals surface area contributed by atoms with E-state index in [-0.39, 0.29) is 47.5 Å². The van der Waals surface area contributed by atoms with Gasteiger partial charge in [0.25, 0.3) is 5.56 Å². The van der Waals surface area contributed by atoms with Crippen LogP contribution in [0.5, 0.6) is 11.5 Å². The van der Waals surface area contributed by atoms with Crippen LogP contribution in [0.2, 0.25) is 5.02 Å². The fourth-order valence-electron chi connectivity index (χ4n) is 5.27. The molecule has 9 nitrogen and oxygen atoms in total. The van der Waals surface area contributed by atoms with E-state index in [9.17, 15) is 14.4 Å². The van der Waals surface area contributed by atoms with E-state index in [1.807, 2.05) is 54.6 Å². The molecule has 1 atom stereocenters. The molecule has 11 heteroatoms. The standard InChI is InChI=1S/C36H35ClN2O7S/c1-6-44-29(40)20-46-33-26(37)17-22(18-27(33)43-5)19-28-34(41)39-32(25-15-13-23(14-16-25)21(3)4)30(35(42)45-7-2)31(38-36(39)47-28)24-11-9-8-10-12-24/h8-19,21,32H,6-7,20H2,1-5H3/b28-19-/t32-/m0/s1. The lowest BCUT2D eigenvalue weighted by atomic mass is 9.91. The molecular formula is C36H35ClN2O7S. The normalized spacial score (nSPS) is 14.4. The fourth-order valence-corrected chi connectivity index (χ4v) is 6.54. The number of benzene rings is 3. The molecule has 5 rings (SSSR count). The number of halogens is 1. The molecule has 0 spiro atoms. The Morgan fingerprint density at radius 3 is 2.36 bits per heavy atom. The minimum atomic E-state index is -0.791. The van der Waals surface area contributed by atoms with Crippen LogP contribution in [0.15, 0.2) is 82.1 Å². The number of methoxy groups -OCH3 is 1. The summed E-state index contributed by atoms with van der Waals surface area (Å²) in [6.07, 6.45) is 1.68. The number of fused-ring (bicyclic) bond motifs is 1. The number of carbonyl (C=O) groups is 2. The molecule has 1 aliphatic heterocycles. The van der Waals surface area contributed by atoms with Crippen LogP contribution in [-0.2, 0) is 19.1 Å². The summed E-state index contributed by atoms with van der Waals surface area (Å²) in [7, 11) is 1.45. The van der Waals surface area contributed by atoms with Crippen molar-refractivity contribution in [3.05, 3.63) is 119 Å². The highest BCUT2D eigenvalue weighted by Gasteiger charge is 2.35. The Balaban J connectivity index is 1.70. The van der Waals surface area contributed by atoms with E-state index in [1.165, 1.54) is 18.4 Å². The van der Waals surface area contributed by atoms with Gasteiger partial charge >= 0.3 is 11.9 Å². The Hall–Kier alpha value is -4.67. The predicted molar refractivity (Wildman–Crippen MR) is 182 cm³/mol. The van der Waals surface area contributed by atoms with E-state index in [4.69, 9.17) is 35.5 Å². The minimum Gasteiger partial charge on any atom is -0.493 e. The third-order valence-electron chi connectivity index (χ3n) is 7.48. The first kappa shape index (κ1) is 33.7. The summed E-state index contributed by atoms with van der Waals surface area (Å²) >= 11 is 7.75. The Bertz CT molecular complexity index is 2000. The predicted octanol–water partition coefficient (Wildman–Crippen LogP) is 5.66. The highest BCUT2D eigenvalue weighted by atomic mass is 35.5. The van der Waals surface area contributed by atoms with Gasteiger partial charge in [-0.25, -0.2) is 14.6 Å². The second-order valence-corrected chi connectivity index (χ2v) is 12.3. The number of rotatable bonds is 11. The Morgan fingerprint density at radius 1 is 1.02 bits per heavy atom. The quantitative estimate of drug-likeness (QED) is 0.189. The summed E-state index contributed by atoms with van der Waals surface area (Å²) in [6, 6.07) is 19.8. The van der Waals surface area contributed by atoms with Crippen LogP contribution >= 0.6 is 22.9 Å². The molecule has 1 aliphatic rings. The number of ether oxygens (including phenoxy) is 4. The number of esters is 2. The van der Waals surface area contributed by atoms with Crippen molar-refractivity contribution < 1.29 is 28.5 Å². The molecule has 3 aromatic carbocycles. The van der Waals surface area contributed by atoms with Gasteiger partial charge in [-0.05, 0) is 54.7 Å². The number of thiazole rings is 1. The summed E-state index contributed by atoms with van der Waals surface area (Å²) in [4.78, 5) is 45.1. The number of nitrogens with zero attached hydrogens (tertiary/aromatic N) is 2. The molecule has 0 amide bonds. The van der Waals surface area contributed by atoms with Crippen LogP contribution in [0.25, 0.3) is 11.8 Å². The Morgan fingerprint density at radius 2 is 1.72 bits per heavy atom. The van der Waals surface area contributed by atoms with Gasteiger partial charge in [-0.15, -0.1) is 0 Å². The minimum absolute atomic E-state index is 0.163. The van der Waals surface area contributed by atoms with E-state index < -0.39 is 18.0 Å². The molecule has 0 saturated heterocycles. The Labute approximate surface area is 281 Å². The lowest BCUT2D eigenvalue weighted by Gasteiger charge is -2.26. The van der Waals surface area contributed by atoms with Crippen molar-refractivity contribution in [2.75, 3.05) is 26.9 Å². The van der Waals surface area contributed by atoms with Crippen molar-refractivity contribution in [2.45, 2.75) is 39.7 Å². The first-order valence-corrected chi connectivity index (χ1v) is 16.4. The average molecular weight is 675 g/mol. The van der Waals surface area contributed by atoms with Crippen LogP contribution in [0.3, 0.4) is 0 Å². The van der Waals surface area contributed by atoms with Crippen molar-refractivity contribution in [2.24, 2.45) is 4.99 Å². The maximum atomic E-state index is 14.3. The van der Waals surface area contributed by atoms with Crippen LogP contribution in [0.1, 0.15) is 61.9 Å². The second-order valence-electron chi connectivity index (χ2n) is 10.9. The van der Waals surface area contributed by atoms with E-state index in [0.29, 0.717) is 26.5 Å². The van der Waals surface area contributed by atoms with Crippen LogP contribution in [-0.4, -0.2) is 43.4 Å². The summed E-state index contributed by atoms with van der Waals surface area (Å²) < 4.78 is 23.5. The zero-order chi connectivity index (χ0) is 33.7. The third kappa shape index (κ3) is 7.18. The third-order valence-corrected chi connectivity index (χ3v) is 8.75. The summed E-state index contributed by atoms with van der Waals surface area (Å²) in [5.74, 6) is -0.326. The molecule has 1 aromatic heterocycles. The zero-order valence-corrected chi connectivity index (χ0v) is 28.3. The summed E-state index contributed by atoms with van der Waals surface area (Å²) in [5.41, 5.74) is 3.56. The molecule has 0 aliphatic carbocycles. The van der Waals surface area contributed by atoms with Gasteiger partial charge in [-0.1, -0.05) is 91.4 Å². The molecule has 4 aromatic rings. The highest BCUT2D eigenvalue weighted by Crippen LogP contribution is 2.37. The van der Waals surface area contributed by atoms with Crippen LogP contribution in [0.4, 0.5) is 0 Å². The number of hydrogen-bond acceptors (Lipinski definition) is 9. The molecule has 0 fully saturated rings. The first-order chi connectivity index (χ1) is 22.7. The molecular weight excluding hydrogens is 640 g/mol. The van der Waals surface area contributed by atoms with Crippen molar-refractivity contribution >= 4 is 46.6 Å². The van der Waals surface area contributed by atoms with Gasteiger partial charge < -0.3 is 18.9 Å². The lowest BCUT2D eigenvalue weighted by molar-refractivity contribution is -0.145. The average Bonchev–Trinajstić information content (AvgIpc) is 3.37. The SMILES string of the molecule is CCOC(=O)COc1c(Cl)cc(/C=c2\sc3n(c2=O)[C@@H](c2ccc(C(C)C)cc2)C(C(=O)OCC)=C(c2ccccc2)N=3)cc1OC. The molecule has 244 valence electrons. The van der Waals surface area contributed by atoms with Crippen molar-refractivity contribution in [1.29, 1.82) is 0 Å².